The van der Waals surface area contributed by atoms with Gasteiger partial charge in [-0.2, -0.15) is 10.5 Å². The van der Waals surface area contributed by atoms with Crippen LogP contribution in [0, 0.1) is 46.6 Å². The zero-order valence-electron chi connectivity index (χ0n) is 17.3. The smallest absolute Gasteiger partial charge is 0.270 e. The molecule has 0 bridgehead atoms. The molecule has 2 aromatic heterocycles. The second-order valence-electron chi connectivity index (χ2n) is 7.64. The van der Waals surface area contributed by atoms with Crippen molar-refractivity contribution >= 4 is 28.7 Å². The molecule has 0 atom stereocenters. The predicted octanol–water partition coefficient (Wildman–Crippen LogP) is 5.88. The quantitative estimate of drug-likeness (QED) is 0.294. The van der Waals surface area contributed by atoms with Gasteiger partial charge in [0.25, 0.3) is 5.69 Å². The Morgan fingerprint density at radius 1 is 1.23 bits per heavy atom. The standard InChI is InChI=1S/C24H20N4O2S/c1-15-10-18(11-19(13-25)17-6-5-7-20(12-17)28(29)30)16(2)27(15)24-22(14-26)21-8-3-4-9-23(21)31-24/h5-7,10-12H,3-4,8-9H2,1-2H3. The van der Waals surface area contributed by atoms with Gasteiger partial charge in [0.2, 0.25) is 0 Å². The first-order valence-corrected chi connectivity index (χ1v) is 10.9. The summed E-state index contributed by atoms with van der Waals surface area (Å²) in [6, 6.07) is 12.7. The first kappa shape index (κ1) is 20.6. The number of aromatic nitrogens is 1. The molecule has 0 N–H and O–H groups in total. The van der Waals surface area contributed by atoms with Gasteiger partial charge in [-0.15, -0.1) is 11.3 Å². The van der Waals surface area contributed by atoms with E-state index in [1.807, 2.05) is 19.9 Å². The molecule has 4 rings (SSSR count). The molecule has 154 valence electrons. The summed E-state index contributed by atoms with van der Waals surface area (Å²) in [7, 11) is 0. The molecule has 0 fully saturated rings. The number of hydrogen-bond acceptors (Lipinski definition) is 5. The van der Waals surface area contributed by atoms with Gasteiger partial charge in [0.1, 0.15) is 11.1 Å². The number of non-ortho nitro benzene ring substituents is 1. The second kappa shape index (κ2) is 8.22. The minimum atomic E-state index is -0.466. The fourth-order valence-corrected chi connectivity index (χ4v) is 5.64. The molecule has 0 unspecified atom stereocenters. The number of thiophene rings is 1. The van der Waals surface area contributed by atoms with Crippen LogP contribution in [0.15, 0.2) is 30.3 Å². The molecule has 7 heteroatoms. The lowest BCUT2D eigenvalue weighted by Gasteiger charge is -2.10. The summed E-state index contributed by atoms with van der Waals surface area (Å²) in [6.45, 7) is 3.96. The van der Waals surface area contributed by atoms with Gasteiger partial charge < -0.3 is 4.57 Å². The maximum Gasteiger partial charge on any atom is 0.270 e. The van der Waals surface area contributed by atoms with Crippen LogP contribution in [0.25, 0.3) is 16.7 Å². The molecule has 1 aliphatic carbocycles. The van der Waals surface area contributed by atoms with Gasteiger partial charge in [-0.05, 0) is 68.4 Å². The van der Waals surface area contributed by atoms with Crippen molar-refractivity contribution in [1.82, 2.24) is 4.57 Å². The molecule has 0 amide bonds. The Labute approximate surface area is 184 Å². The molecule has 31 heavy (non-hydrogen) atoms. The summed E-state index contributed by atoms with van der Waals surface area (Å²) in [6.07, 6.45) is 6.00. The number of hydrogen-bond donors (Lipinski definition) is 0. The molecule has 0 aliphatic heterocycles. The zero-order valence-corrected chi connectivity index (χ0v) is 18.1. The minimum Gasteiger partial charge on any atom is -0.308 e. The molecule has 6 nitrogen and oxygen atoms in total. The van der Waals surface area contributed by atoms with Gasteiger partial charge in [0.05, 0.1) is 22.1 Å². The Hall–Kier alpha value is -3.68. The van der Waals surface area contributed by atoms with E-state index >= 15 is 0 Å². The Kier molecular flexibility index (Phi) is 5.46. The lowest BCUT2D eigenvalue weighted by atomic mass is 9.96. The number of rotatable bonds is 4. The topological polar surface area (TPSA) is 95.6 Å². The first-order chi connectivity index (χ1) is 14.9. The zero-order chi connectivity index (χ0) is 22.1. The fourth-order valence-electron chi connectivity index (χ4n) is 4.19. The van der Waals surface area contributed by atoms with Gasteiger partial charge in [-0.1, -0.05) is 12.1 Å². The van der Waals surface area contributed by atoms with E-state index in [0.717, 1.165) is 53.2 Å². The number of fused-ring (bicyclic) bond motifs is 1. The summed E-state index contributed by atoms with van der Waals surface area (Å²) in [5, 5.41) is 31.6. The van der Waals surface area contributed by atoms with Crippen molar-refractivity contribution in [2.75, 3.05) is 0 Å². The first-order valence-electron chi connectivity index (χ1n) is 10.0. The summed E-state index contributed by atoms with van der Waals surface area (Å²) < 4.78 is 2.09. The SMILES string of the molecule is Cc1cc(C=C(C#N)c2cccc([N+](=O)[O-])c2)c(C)n1-c1sc2c(c1C#N)CCCC2. The molecule has 0 saturated carbocycles. The molecule has 2 heterocycles. The van der Waals surface area contributed by atoms with Crippen LogP contribution >= 0.6 is 11.3 Å². The van der Waals surface area contributed by atoms with Gasteiger partial charge in [-0.25, -0.2) is 0 Å². The highest BCUT2D eigenvalue weighted by molar-refractivity contribution is 7.15. The van der Waals surface area contributed by atoms with E-state index in [-0.39, 0.29) is 5.69 Å². The van der Waals surface area contributed by atoms with Crippen LogP contribution in [0.2, 0.25) is 0 Å². The van der Waals surface area contributed by atoms with E-state index in [1.54, 1.807) is 29.5 Å². The van der Waals surface area contributed by atoms with Crippen LogP contribution in [0.3, 0.4) is 0 Å². The van der Waals surface area contributed by atoms with Gasteiger partial charge >= 0.3 is 0 Å². The molecule has 3 aromatic rings. The lowest BCUT2D eigenvalue weighted by Crippen LogP contribution is -2.02. The number of nitro benzene ring substituents is 1. The van der Waals surface area contributed by atoms with E-state index in [2.05, 4.69) is 16.7 Å². The van der Waals surface area contributed by atoms with Crippen molar-refractivity contribution in [3.8, 4) is 17.1 Å². The van der Waals surface area contributed by atoms with E-state index in [4.69, 9.17) is 0 Å². The van der Waals surface area contributed by atoms with Crippen molar-refractivity contribution in [2.24, 2.45) is 0 Å². The molecule has 0 spiro atoms. The van der Waals surface area contributed by atoms with Crippen molar-refractivity contribution < 1.29 is 4.92 Å². The third kappa shape index (κ3) is 3.65. The highest BCUT2D eigenvalue weighted by Gasteiger charge is 2.24. The van der Waals surface area contributed by atoms with Gasteiger partial charge in [0, 0.05) is 28.4 Å². The number of aryl methyl sites for hydroxylation is 2. The van der Waals surface area contributed by atoms with Crippen LogP contribution in [-0.4, -0.2) is 9.49 Å². The Morgan fingerprint density at radius 2 is 2.00 bits per heavy atom. The van der Waals surface area contributed by atoms with E-state index < -0.39 is 4.92 Å². The average molecular weight is 429 g/mol. The van der Waals surface area contributed by atoms with Crippen molar-refractivity contribution in [1.29, 1.82) is 10.5 Å². The minimum absolute atomic E-state index is 0.0491. The Balaban J connectivity index is 1.82. The Morgan fingerprint density at radius 3 is 2.71 bits per heavy atom. The van der Waals surface area contributed by atoms with Gasteiger partial charge in [-0.3, -0.25) is 10.1 Å². The normalized spacial score (nSPS) is 13.4. The monoisotopic (exact) mass is 428 g/mol. The molecular formula is C24H20N4O2S. The van der Waals surface area contributed by atoms with E-state index in [9.17, 15) is 20.6 Å². The molecule has 0 saturated heterocycles. The van der Waals surface area contributed by atoms with Crippen LogP contribution < -0.4 is 0 Å². The largest absolute Gasteiger partial charge is 0.308 e. The third-order valence-corrected chi connectivity index (χ3v) is 7.00. The second-order valence-corrected chi connectivity index (χ2v) is 8.73. The highest BCUT2D eigenvalue weighted by Crippen LogP contribution is 2.38. The van der Waals surface area contributed by atoms with Gasteiger partial charge in [0.15, 0.2) is 0 Å². The van der Waals surface area contributed by atoms with Crippen LogP contribution in [-0.2, 0) is 12.8 Å². The Bertz CT molecular complexity index is 1310. The molecular weight excluding hydrogens is 408 g/mol. The number of nitriles is 2. The number of nitrogens with zero attached hydrogens (tertiary/aromatic N) is 4. The van der Waals surface area contributed by atoms with Crippen LogP contribution in [0.4, 0.5) is 5.69 Å². The summed E-state index contributed by atoms with van der Waals surface area (Å²) >= 11 is 1.69. The predicted molar refractivity (Wildman–Crippen MR) is 121 cm³/mol. The maximum atomic E-state index is 11.1. The van der Waals surface area contributed by atoms with Crippen molar-refractivity contribution in [3.05, 3.63) is 79.0 Å². The summed E-state index contributed by atoms with van der Waals surface area (Å²) in [5.41, 5.74) is 5.54. The number of allylic oxidation sites excluding steroid dienone is 1. The van der Waals surface area contributed by atoms with Crippen LogP contribution in [0.1, 0.15) is 51.4 Å². The summed E-state index contributed by atoms with van der Waals surface area (Å²) in [5.74, 6) is 0. The fraction of sp³-hybridized carbons (Fsp3) is 0.250. The summed E-state index contributed by atoms with van der Waals surface area (Å²) in [4.78, 5) is 11.9. The van der Waals surface area contributed by atoms with Crippen LogP contribution in [0.5, 0.6) is 0 Å². The van der Waals surface area contributed by atoms with E-state index in [1.165, 1.54) is 22.6 Å². The third-order valence-electron chi connectivity index (χ3n) is 5.73. The number of nitro groups is 1. The number of benzene rings is 1. The molecule has 1 aliphatic rings. The van der Waals surface area contributed by atoms with Crippen molar-refractivity contribution in [2.45, 2.75) is 39.5 Å². The molecule has 0 radical (unpaired) electrons. The highest BCUT2D eigenvalue weighted by atomic mass is 32.1. The average Bonchev–Trinajstić information content (AvgIpc) is 3.27. The lowest BCUT2D eigenvalue weighted by molar-refractivity contribution is -0.384. The molecule has 1 aromatic carbocycles. The van der Waals surface area contributed by atoms with Crippen molar-refractivity contribution in [3.63, 3.8) is 0 Å². The maximum absolute atomic E-state index is 11.1. The van der Waals surface area contributed by atoms with E-state index in [0.29, 0.717) is 11.1 Å².